The highest BCUT2D eigenvalue weighted by atomic mass is 32.2. The van der Waals surface area contributed by atoms with Crippen LogP contribution in [0.25, 0.3) is 10.9 Å². The monoisotopic (exact) mass is 530 g/mol. The van der Waals surface area contributed by atoms with Crippen molar-refractivity contribution >= 4 is 38.3 Å². The average Bonchev–Trinajstić information content (AvgIpc) is 3.08. The molecule has 5 heterocycles. The predicted molar refractivity (Wildman–Crippen MR) is 141 cm³/mol. The molecule has 1 aromatic carbocycles. The summed E-state index contributed by atoms with van der Waals surface area (Å²) in [6.07, 6.45) is 5.37. The number of hydrogen-bond acceptors (Lipinski definition) is 9. The van der Waals surface area contributed by atoms with Gasteiger partial charge < -0.3 is 15.0 Å². The standard InChI is InChI=1S/C27H26N6O4S/c1-17-13-29-26-22(31-17)3-2-8-33(26)25-7-6-19-14-28-21(12-23(19)32-25)15-30-27(34)18-4-5-20-16-37-9-10-38(35,36)24(20)11-18/h4-7,11-14H,2-3,8-10,15-16H2,1H3,(H,30,34). The first-order valence-corrected chi connectivity index (χ1v) is 14.1. The van der Waals surface area contributed by atoms with Gasteiger partial charge in [-0.25, -0.2) is 18.4 Å². The van der Waals surface area contributed by atoms with Gasteiger partial charge in [-0.3, -0.25) is 14.8 Å². The summed E-state index contributed by atoms with van der Waals surface area (Å²) in [7, 11) is -3.50. The summed E-state index contributed by atoms with van der Waals surface area (Å²) in [5.41, 5.74) is 4.11. The molecule has 2 aliphatic rings. The minimum absolute atomic E-state index is 0.101. The molecule has 0 atom stereocenters. The largest absolute Gasteiger partial charge is 0.376 e. The number of fused-ring (bicyclic) bond motifs is 3. The summed E-state index contributed by atoms with van der Waals surface area (Å²) in [5, 5.41) is 3.73. The molecule has 4 aromatic rings. The van der Waals surface area contributed by atoms with Crippen LogP contribution < -0.4 is 10.2 Å². The summed E-state index contributed by atoms with van der Waals surface area (Å²) in [6.45, 7) is 3.27. The first-order valence-electron chi connectivity index (χ1n) is 12.4. The number of aryl methyl sites for hydroxylation is 2. The van der Waals surface area contributed by atoms with Crippen LogP contribution in [-0.2, 0) is 34.1 Å². The molecule has 6 rings (SSSR count). The summed E-state index contributed by atoms with van der Waals surface area (Å²) >= 11 is 0. The minimum Gasteiger partial charge on any atom is -0.376 e. The van der Waals surface area contributed by atoms with Crippen molar-refractivity contribution in [1.82, 2.24) is 25.3 Å². The number of carbonyl (C=O) groups excluding carboxylic acids is 1. The van der Waals surface area contributed by atoms with Gasteiger partial charge in [0, 0.05) is 23.7 Å². The number of pyridine rings is 2. The first-order chi connectivity index (χ1) is 18.4. The maximum absolute atomic E-state index is 12.9. The molecular weight excluding hydrogens is 504 g/mol. The Labute approximate surface area is 220 Å². The van der Waals surface area contributed by atoms with Gasteiger partial charge in [0.2, 0.25) is 0 Å². The number of sulfone groups is 1. The molecular formula is C27H26N6O4S. The molecule has 0 fully saturated rings. The van der Waals surface area contributed by atoms with Crippen LogP contribution in [0.1, 0.15) is 39.4 Å². The van der Waals surface area contributed by atoms with E-state index in [2.05, 4.69) is 25.2 Å². The topological polar surface area (TPSA) is 127 Å². The number of aromatic nitrogens is 4. The summed E-state index contributed by atoms with van der Waals surface area (Å²) < 4.78 is 30.5. The maximum Gasteiger partial charge on any atom is 0.251 e. The van der Waals surface area contributed by atoms with E-state index < -0.39 is 9.84 Å². The molecule has 3 aromatic heterocycles. The normalized spacial score (nSPS) is 16.4. The molecule has 0 saturated carbocycles. The van der Waals surface area contributed by atoms with E-state index in [-0.39, 0.29) is 41.9 Å². The van der Waals surface area contributed by atoms with E-state index in [0.29, 0.717) is 11.3 Å². The highest BCUT2D eigenvalue weighted by Gasteiger charge is 2.24. The van der Waals surface area contributed by atoms with Crippen molar-refractivity contribution in [2.24, 2.45) is 0 Å². The number of ether oxygens (including phenoxy) is 1. The molecule has 11 heteroatoms. The third kappa shape index (κ3) is 4.70. The Balaban J connectivity index is 1.22. The Morgan fingerprint density at radius 1 is 1.11 bits per heavy atom. The summed E-state index contributed by atoms with van der Waals surface area (Å²) in [5.74, 6) is 1.14. The fraction of sp³-hybridized carbons (Fsp3) is 0.296. The van der Waals surface area contributed by atoms with E-state index in [1.165, 1.54) is 6.07 Å². The molecule has 0 spiro atoms. The van der Waals surface area contributed by atoms with E-state index in [1.807, 2.05) is 25.1 Å². The van der Waals surface area contributed by atoms with Crippen LogP contribution in [0.15, 0.2) is 53.7 Å². The lowest BCUT2D eigenvalue weighted by Gasteiger charge is -2.28. The Morgan fingerprint density at radius 3 is 2.89 bits per heavy atom. The number of carbonyl (C=O) groups is 1. The fourth-order valence-electron chi connectivity index (χ4n) is 4.78. The lowest BCUT2D eigenvalue weighted by Crippen LogP contribution is -2.27. The molecule has 0 bridgehead atoms. The van der Waals surface area contributed by atoms with Gasteiger partial charge in [0.25, 0.3) is 5.91 Å². The fourth-order valence-corrected chi connectivity index (χ4v) is 6.17. The van der Waals surface area contributed by atoms with E-state index in [9.17, 15) is 13.2 Å². The number of anilines is 2. The smallest absolute Gasteiger partial charge is 0.251 e. The maximum atomic E-state index is 12.9. The number of nitrogens with zero attached hydrogens (tertiary/aromatic N) is 5. The zero-order valence-electron chi connectivity index (χ0n) is 20.8. The SMILES string of the molecule is Cc1cnc2c(n1)CCCN2c1ccc2cnc(CNC(=O)c3ccc4c(c3)S(=O)(=O)CCOC4)cc2n1. The molecule has 2 aliphatic heterocycles. The van der Waals surface area contributed by atoms with E-state index >= 15 is 0 Å². The van der Waals surface area contributed by atoms with Crippen molar-refractivity contribution < 1.29 is 17.9 Å². The predicted octanol–water partition coefficient (Wildman–Crippen LogP) is 3.05. The second-order valence-corrected chi connectivity index (χ2v) is 11.5. The molecule has 38 heavy (non-hydrogen) atoms. The van der Waals surface area contributed by atoms with Crippen molar-refractivity contribution in [3.05, 3.63) is 77.0 Å². The third-order valence-corrected chi connectivity index (χ3v) is 8.49. The van der Waals surface area contributed by atoms with Gasteiger partial charge in [-0.05, 0) is 55.7 Å². The van der Waals surface area contributed by atoms with Crippen molar-refractivity contribution in [2.75, 3.05) is 23.8 Å². The molecule has 10 nitrogen and oxygen atoms in total. The second kappa shape index (κ2) is 9.73. The van der Waals surface area contributed by atoms with Gasteiger partial charge in [-0.15, -0.1) is 0 Å². The lowest BCUT2D eigenvalue weighted by atomic mass is 10.1. The quantitative estimate of drug-likeness (QED) is 0.423. The molecule has 0 radical (unpaired) electrons. The molecule has 1 N–H and O–H groups in total. The van der Waals surface area contributed by atoms with E-state index in [1.54, 1.807) is 24.5 Å². The Kier molecular flexibility index (Phi) is 6.24. The van der Waals surface area contributed by atoms with Gasteiger partial charge in [-0.2, -0.15) is 0 Å². The highest BCUT2D eigenvalue weighted by Crippen LogP contribution is 2.30. The van der Waals surface area contributed by atoms with Crippen LogP contribution in [0.3, 0.4) is 0 Å². The van der Waals surface area contributed by atoms with Crippen LogP contribution in [0.2, 0.25) is 0 Å². The third-order valence-electron chi connectivity index (χ3n) is 6.73. The Hall–Kier alpha value is -3.96. The molecule has 0 unspecified atom stereocenters. The van der Waals surface area contributed by atoms with Gasteiger partial charge in [0.1, 0.15) is 5.82 Å². The van der Waals surface area contributed by atoms with Crippen LogP contribution >= 0.6 is 0 Å². The number of amides is 1. The Bertz CT molecular complexity index is 1670. The van der Waals surface area contributed by atoms with Crippen LogP contribution in [0.5, 0.6) is 0 Å². The first kappa shape index (κ1) is 24.4. The van der Waals surface area contributed by atoms with E-state index in [0.717, 1.165) is 53.3 Å². The average molecular weight is 531 g/mol. The van der Waals surface area contributed by atoms with Gasteiger partial charge in [0.05, 0.1) is 59.2 Å². The van der Waals surface area contributed by atoms with Crippen molar-refractivity contribution in [1.29, 1.82) is 0 Å². The van der Waals surface area contributed by atoms with Gasteiger partial charge in [0.15, 0.2) is 15.7 Å². The second-order valence-electron chi connectivity index (χ2n) is 9.45. The number of benzene rings is 1. The summed E-state index contributed by atoms with van der Waals surface area (Å²) in [4.78, 5) is 33.7. The van der Waals surface area contributed by atoms with Gasteiger partial charge >= 0.3 is 0 Å². The number of rotatable bonds is 4. The number of nitrogens with one attached hydrogen (secondary N) is 1. The van der Waals surface area contributed by atoms with Crippen LogP contribution in [0.4, 0.5) is 11.6 Å². The molecule has 0 aliphatic carbocycles. The molecule has 0 saturated heterocycles. The van der Waals surface area contributed by atoms with Crippen molar-refractivity contribution in [2.45, 2.75) is 37.8 Å². The molecule has 194 valence electrons. The summed E-state index contributed by atoms with van der Waals surface area (Å²) in [6, 6.07) is 10.5. The van der Waals surface area contributed by atoms with Crippen molar-refractivity contribution in [3.63, 3.8) is 0 Å². The number of hydrogen-bond donors (Lipinski definition) is 1. The Morgan fingerprint density at radius 2 is 2.00 bits per heavy atom. The highest BCUT2D eigenvalue weighted by molar-refractivity contribution is 7.91. The van der Waals surface area contributed by atoms with Crippen molar-refractivity contribution in [3.8, 4) is 0 Å². The minimum atomic E-state index is -3.50. The molecule has 1 amide bonds. The zero-order valence-corrected chi connectivity index (χ0v) is 21.7. The van der Waals surface area contributed by atoms with Gasteiger partial charge in [-0.1, -0.05) is 6.07 Å². The lowest BCUT2D eigenvalue weighted by molar-refractivity contribution is 0.0950. The zero-order chi connectivity index (χ0) is 26.3. The van der Waals surface area contributed by atoms with E-state index in [4.69, 9.17) is 9.72 Å². The van der Waals surface area contributed by atoms with Crippen LogP contribution in [-0.4, -0.2) is 53.2 Å². The van der Waals surface area contributed by atoms with Crippen LogP contribution in [0, 0.1) is 6.92 Å².